The Balaban J connectivity index is 2.31. The number of benzene rings is 1. The van der Waals surface area contributed by atoms with Gasteiger partial charge in [-0.1, -0.05) is 12.1 Å². The Morgan fingerprint density at radius 3 is 2.71 bits per heavy atom. The Bertz CT molecular complexity index is 591. The first kappa shape index (κ1) is 14.9. The number of rotatable bonds is 3. The molecular formula is C13H12F2N2O4. The maximum Gasteiger partial charge on any atom is 0.387 e. The molecule has 1 unspecified atom stereocenters. The fraction of sp³-hybridized carbons (Fsp3) is 0.308. The van der Waals surface area contributed by atoms with E-state index in [2.05, 4.69) is 10.1 Å². The molecule has 0 aromatic heterocycles. The molecule has 1 heterocycles. The summed E-state index contributed by atoms with van der Waals surface area (Å²) >= 11 is 0. The number of ether oxygens (including phenoxy) is 1. The molecule has 0 spiro atoms. The molecule has 1 N–H and O–H groups in total. The first-order valence-corrected chi connectivity index (χ1v) is 6.08. The molecule has 0 aliphatic carbocycles. The van der Waals surface area contributed by atoms with E-state index in [0.29, 0.717) is 0 Å². The fourth-order valence-corrected chi connectivity index (χ4v) is 1.96. The van der Waals surface area contributed by atoms with E-state index < -0.39 is 30.4 Å². The molecule has 112 valence electrons. The van der Waals surface area contributed by atoms with Crippen molar-refractivity contribution in [3.05, 3.63) is 29.8 Å². The summed E-state index contributed by atoms with van der Waals surface area (Å²) in [7, 11) is 0. The third-order valence-electron chi connectivity index (χ3n) is 3.02. The lowest BCUT2D eigenvalue weighted by Crippen LogP contribution is -2.58. The standard InChI is InChI=1S/C13H12F2N2O4/c1-7-11(19)16-10(18)6-17(7)12(20)8-4-2-3-5-9(8)21-13(14)15/h2-5,7,13H,6H2,1H3,(H,16,18,19). The molecule has 1 aliphatic rings. The van der Waals surface area contributed by atoms with Crippen LogP contribution in [0, 0.1) is 0 Å². The zero-order chi connectivity index (χ0) is 15.6. The minimum atomic E-state index is -3.08. The molecule has 1 saturated heterocycles. The van der Waals surface area contributed by atoms with E-state index in [4.69, 9.17) is 0 Å². The summed E-state index contributed by atoms with van der Waals surface area (Å²) in [6.07, 6.45) is 0. The van der Waals surface area contributed by atoms with Gasteiger partial charge in [-0.05, 0) is 19.1 Å². The van der Waals surface area contributed by atoms with Crippen molar-refractivity contribution in [2.45, 2.75) is 19.6 Å². The lowest BCUT2D eigenvalue weighted by molar-refractivity contribution is -0.138. The van der Waals surface area contributed by atoms with Crippen molar-refractivity contribution in [2.24, 2.45) is 0 Å². The van der Waals surface area contributed by atoms with Crippen molar-refractivity contribution in [1.82, 2.24) is 10.2 Å². The van der Waals surface area contributed by atoms with Crippen LogP contribution in [0.3, 0.4) is 0 Å². The van der Waals surface area contributed by atoms with Gasteiger partial charge in [-0.15, -0.1) is 0 Å². The van der Waals surface area contributed by atoms with Crippen LogP contribution in [-0.2, 0) is 9.59 Å². The van der Waals surface area contributed by atoms with E-state index in [0.717, 1.165) is 4.90 Å². The average molecular weight is 298 g/mol. The number of nitrogens with zero attached hydrogens (tertiary/aromatic N) is 1. The molecular weight excluding hydrogens is 286 g/mol. The maximum absolute atomic E-state index is 12.4. The van der Waals surface area contributed by atoms with E-state index in [1.54, 1.807) is 0 Å². The molecule has 1 aliphatic heterocycles. The van der Waals surface area contributed by atoms with E-state index >= 15 is 0 Å². The molecule has 1 fully saturated rings. The largest absolute Gasteiger partial charge is 0.434 e. The molecule has 2 rings (SSSR count). The Hall–Kier alpha value is -2.51. The number of hydrogen-bond acceptors (Lipinski definition) is 4. The van der Waals surface area contributed by atoms with Gasteiger partial charge < -0.3 is 9.64 Å². The molecule has 6 nitrogen and oxygen atoms in total. The first-order valence-electron chi connectivity index (χ1n) is 6.08. The van der Waals surface area contributed by atoms with Crippen LogP contribution < -0.4 is 10.1 Å². The van der Waals surface area contributed by atoms with Gasteiger partial charge in [0, 0.05) is 0 Å². The Kier molecular flexibility index (Phi) is 4.15. The third kappa shape index (κ3) is 3.15. The molecule has 0 bridgehead atoms. The predicted octanol–water partition coefficient (Wildman–Crippen LogP) is 0.775. The lowest BCUT2D eigenvalue weighted by Gasteiger charge is -2.32. The van der Waals surface area contributed by atoms with Crippen LogP contribution in [0.1, 0.15) is 17.3 Å². The van der Waals surface area contributed by atoms with Gasteiger partial charge in [0.2, 0.25) is 11.8 Å². The predicted molar refractivity (Wildman–Crippen MR) is 66.7 cm³/mol. The van der Waals surface area contributed by atoms with Gasteiger partial charge >= 0.3 is 6.61 Å². The van der Waals surface area contributed by atoms with Crippen molar-refractivity contribution in [3.8, 4) is 5.75 Å². The SMILES string of the molecule is CC1C(=O)NC(=O)CN1C(=O)c1ccccc1OC(F)F. The molecule has 3 amide bonds. The van der Waals surface area contributed by atoms with Crippen LogP contribution in [0.15, 0.2) is 24.3 Å². The van der Waals surface area contributed by atoms with Crippen molar-refractivity contribution < 1.29 is 27.9 Å². The van der Waals surface area contributed by atoms with E-state index in [9.17, 15) is 23.2 Å². The summed E-state index contributed by atoms with van der Waals surface area (Å²) in [5, 5.41) is 2.09. The molecule has 21 heavy (non-hydrogen) atoms. The Morgan fingerprint density at radius 1 is 1.38 bits per heavy atom. The summed E-state index contributed by atoms with van der Waals surface area (Å²) in [6.45, 7) is -1.96. The summed E-state index contributed by atoms with van der Waals surface area (Å²) in [5.41, 5.74) is -0.132. The summed E-state index contributed by atoms with van der Waals surface area (Å²) in [6, 6.07) is 4.54. The monoisotopic (exact) mass is 298 g/mol. The third-order valence-corrected chi connectivity index (χ3v) is 3.02. The quantitative estimate of drug-likeness (QED) is 0.837. The zero-order valence-electron chi connectivity index (χ0n) is 11.0. The van der Waals surface area contributed by atoms with E-state index in [-0.39, 0.29) is 17.9 Å². The number of nitrogens with one attached hydrogen (secondary N) is 1. The number of alkyl halides is 2. The minimum Gasteiger partial charge on any atom is -0.434 e. The molecule has 0 saturated carbocycles. The van der Waals surface area contributed by atoms with Gasteiger partial charge in [0.25, 0.3) is 5.91 Å². The summed E-state index contributed by atoms with van der Waals surface area (Å²) in [5.74, 6) is -2.27. The topological polar surface area (TPSA) is 75.7 Å². The minimum absolute atomic E-state index is 0.132. The van der Waals surface area contributed by atoms with Crippen LogP contribution in [0.2, 0.25) is 0 Å². The smallest absolute Gasteiger partial charge is 0.387 e. The highest BCUT2D eigenvalue weighted by Crippen LogP contribution is 2.23. The number of imide groups is 1. The number of amides is 3. The number of piperazine rings is 1. The molecule has 1 aromatic carbocycles. The maximum atomic E-state index is 12.4. The van der Waals surface area contributed by atoms with Crippen LogP contribution in [-0.4, -0.2) is 41.8 Å². The number of hydrogen-bond donors (Lipinski definition) is 1. The second-order valence-corrected chi connectivity index (χ2v) is 4.40. The van der Waals surface area contributed by atoms with Crippen LogP contribution in [0.5, 0.6) is 5.75 Å². The molecule has 0 radical (unpaired) electrons. The number of carbonyl (C=O) groups excluding carboxylic acids is 3. The van der Waals surface area contributed by atoms with Crippen molar-refractivity contribution in [1.29, 1.82) is 0 Å². The Morgan fingerprint density at radius 2 is 2.05 bits per heavy atom. The van der Waals surface area contributed by atoms with Crippen molar-refractivity contribution >= 4 is 17.7 Å². The molecule has 8 heteroatoms. The first-order chi connectivity index (χ1) is 9.90. The van der Waals surface area contributed by atoms with Crippen LogP contribution >= 0.6 is 0 Å². The van der Waals surface area contributed by atoms with Gasteiger partial charge in [0.1, 0.15) is 18.3 Å². The summed E-state index contributed by atoms with van der Waals surface area (Å²) in [4.78, 5) is 36.3. The highest BCUT2D eigenvalue weighted by atomic mass is 19.3. The average Bonchev–Trinajstić information content (AvgIpc) is 2.42. The highest BCUT2D eigenvalue weighted by molar-refractivity contribution is 6.07. The number of carbonyl (C=O) groups is 3. The Labute approximate surface area is 118 Å². The second kappa shape index (κ2) is 5.86. The van der Waals surface area contributed by atoms with Gasteiger partial charge in [-0.3, -0.25) is 19.7 Å². The van der Waals surface area contributed by atoms with Gasteiger partial charge in [0.05, 0.1) is 5.56 Å². The van der Waals surface area contributed by atoms with Gasteiger partial charge in [0.15, 0.2) is 0 Å². The second-order valence-electron chi connectivity index (χ2n) is 4.40. The summed E-state index contributed by atoms with van der Waals surface area (Å²) < 4.78 is 29.0. The van der Waals surface area contributed by atoms with Crippen LogP contribution in [0.4, 0.5) is 8.78 Å². The highest BCUT2D eigenvalue weighted by Gasteiger charge is 2.35. The van der Waals surface area contributed by atoms with E-state index in [1.807, 2.05) is 0 Å². The zero-order valence-corrected chi connectivity index (χ0v) is 11.0. The van der Waals surface area contributed by atoms with E-state index in [1.165, 1.54) is 31.2 Å². The van der Waals surface area contributed by atoms with Gasteiger partial charge in [-0.25, -0.2) is 0 Å². The molecule has 1 aromatic rings. The van der Waals surface area contributed by atoms with Crippen LogP contribution in [0.25, 0.3) is 0 Å². The molecule has 1 atom stereocenters. The lowest BCUT2D eigenvalue weighted by atomic mass is 10.1. The van der Waals surface area contributed by atoms with Crippen molar-refractivity contribution in [3.63, 3.8) is 0 Å². The van der Waals surface area contributed by atoms with Crippen molar-refractivity contribution in [2.75, 3.05) is 6.54 Å². The fourth-order valence-electron chi connectivity index (χ4n) is 1.96. The normalized spacial score (nSPS) is 18.7. The van der Waals surface area contributed by atoms with Gasteiger partial charge in [-0.2, -0.15) is 8.78 Å². The number of halogens is 2. The number of para-hydroxylation sites is 1.